The van der Waals surface area contributed by atoms with Gasteiger partial charge >= 0.3 is 5.97 Å². The van der Waals surface area contributed by atoms with Crippen molar-refractivity contribution in [2.45, 2.75) is 18.9 Å². The monoisotopic (exact) mass is 373 g/mol. The van der Waals surface area contributed by atoms with Crippen molar-refractivity contribution < 1.29 is 14.3 Å². The molecule has 3 aromatic rings. The molecule has 1 fully saturated rings. The second kappa shape index (κ2) is 6.38. The zero-order valence-electron chi connectivity index (χ0n) is 13.4. The van der Waals surface area contributed by atoms with E-state index in [0.29, 0.717) is 17.3 Å². The number of rotatable bonds is 5. The van der Waals surface area contributed by atoms with Gasteiger partial charge in [-0.15, -0.1) is 0 Å². The number of carboxylic acid groups (broad SMARTS) is 1. The first kappa shape index (κ1) is 16.5. The van der Waals surface area contributed by atoms with Gasteiger partial charge in [-0.25, -0.2) is 19.2 Å². The lowest BCUT2D eigenvalue weighted by Gasteiger charge is -2.08. The Balaban J connectivity index is 1.63. The Bertz CT molecular complexity index is 1000. The highest BCUT2D eigenvalue weighted by Crippen LogP contribution is 2.35. The van der Waals surface area contributed by atoms with Crippen LogP contribution in [0.3, 0.4) is 0 Å². The van der Waals surface area contributed by atoms with Crippen LogP contribution in [0.15, 0.2) is 36.8 Å². The number of hydrogen-bond acceptors (Lipinski definition) is 5. The third-order valence-corrected chi connectivity index (χ3v) is 4.27. The average Bonchev–Trinajstić information content (AvgIpc) is 3.36. The molecule has 132 valence electrons. The summed E-state index contributed by atoms with van der Waals surface area (Å²) in [5.41, 5.74) is 0.980. The quantitative estimate of drug-likeness (QED) is 0.704. The van der Waals surface area contributed by atoms with Crippen molar-refractivity contribution >= 4 is 29.2 Å². The number of carbonyl (C=O) groups is 1. The molecule has 0 radical (unpaired) electrons. The van der Waals surface area contributed by atoms with Crippen LogP contribution >= 0.6 is 11.6 Å². The Kier molecular flexibility index (Phi) is 4.04. The van der Waals surface area contributed by atoms with Crippen LogP contribution in [0.25, 0.3) is 11.3 Å². The Morgan fingerprint density at radius 2 is 2.15 bits per heavy atom. The maximum absolute atomic E-state index is 14.0. The third kappa shape index (κ3) is 3.23. The van der Waals surface area contributed by atoms with Crippen molar-refractivity contribution in [1.29, 1.82) is 0 Å². The first-order valence-corrected chi connectivity index (χ1v) is 8.26. The van der Waals surface area contributed by atoms with Crippen LogP contribution in [0.4, 0.5) is 16.0 Å². The molecule has 9 heteroatoms. The van der Waals surface area contributed by atoms with Gasteiger partial charge in [-0.3, -0.25) is 4.68 Å². The van der Waals surface area contributed by atoms with Crippen molar-refractivity contribution in [2.24, 2.45) is 0 Å². The summed E-state index contributed by atoms with van der Waals surface area (Å²) < 4.78 is 15.8. The molecule has 0 bridgehead atoms. The zero-order valence-corrected chi connectivity index (χ0v) is 14.1. The molecular formula is C17H13ClFN5O2. The first-order chi connectivity index (χ1) is 12.5. The summed E-state index contributed by atoms with van der Waals surface area (Å²) in [5, 5.41) is 16.5. The number of carboxylic acids is 1. The molecule has 1 saturated carbocycles. The first-order valence-electron chi connectivity index (χ1n) is 7.88. The second-order valence-corrected chi connectivity index (χ2v) is 6.36. The van der Waals surface area contributed by atoms with E-state index >= 15 is 0 Å². The number of anilines is 2. The second-order valence-electron chi connectivity index (χ2n) is 5.96. The maximum Gasteiger partial charge on any atom is 0.338 e. The number of aromatic carboxylic acids is 1. The van der Waals surface area contributed by atoms with Gasteiger partial charge in [0.15, 0.2) is 0 Å². The largest absolute Gasteiger partial charge is 0.478 e. The van der Waals surface area contributed by atoms with E-state index in [9.17, 15) is 9.18 Å². The van der Waals surface area contributed by atoms with Gasteiger partial charge in [-0.05, 0) is 25.0 Å². The van der Waals surface area contributed by atoms with Gasteiger partial charge in [0.05, 0.1) is 40.4 Å². The van der Waals surface area contributed by atoms with Gasteiger partial charge in [-0.1, -0.05) is 17.7 Å². The smallest absolute Gasteiger partial charge is 0.338 e. The van der Waals surface area contributed by atoms with Crippen LogP contribution in [0.1, 0.15) is 29.2 Å². The summed E-state index contributed by atoms with van der Waals surface area (Å²) >= 11 is 6.13. The summed E-state index contributed by atoms with van der Waals surface area (Å²) in [6, 6.07) is 4.18. The summed E-state index contributed by atoms with van der Waals surface area (Å²) in [7, 11) is 0. The molecular weight excluding hydrogens is 361 g/mol. The van der Waals surface area contributed by atoms with E-state index in [-0.39, 0.29) is 11.0 Å². The van der Waals surface area contributed by atoms with Gasteiger partial charge < -0.3 is 10.4 Å². The predicted octanol–water partition coefficient (Wildman–Crippen LogP) is 3.91. The molecule has 0 atom stereocenters. The summed E-state index contributed by atoms with van der Waals surface area (Å²) in [5.74, 6) is -1.91. The van der Waals surface area contributed by atoms with Gasteiger partial charge in [-0.2, -0.15) is 5.10 Å². The molecule has 1 aliphatic carbocycles. The molecule has 1 aliphatic rings. The zero-order chi connectivity index (χ0) is 18.3. The molecule has 1 aromatic carbocycles. The SMILES string of the molecule is O=C(O)c1ccc(-c2nc(Nc3cnn(C4CC4)c3)ncc2Cl)cc1F. The Morgan fingerprint density at radius 1 is 1.35 bits per heavy atom. The van der Waals surface area contributed by atoms with Crippen LogP contribution < -0.4 is 5.32 Å². The number of nitrogens with zero attached hydrogens (tertiary/aromatic N) is 4. The van der Waals surface area contributed by atoms with E-state index in [1.54, 1.807) is 6.20 Å². The minimum absolute atomic E-state index is 0.228. The normalized spacial score (nSPS) is 13.6. The predicted molar refractivity (Wildman–Crippen MR) is 93.2 cm³/mol. The molecule has 4 rings (SSSR count). The van der Waals surface area contributed by atoms with Gasteiger partial charge in [0.1, 0.15) is 5.82 Å². The maximum atomic E-state index is 14.0. The van der Waals surface area contributed by atoms with Gasteiger partial charge in [0, 0.05) is 11.8 Å². The molecule has 0 unspecified atom stereocenters. The summed E-state index contributed by atoms with van der Waals surface area (Å²) in [4.78, 5) is 19.4. The highest BCUT2D eigenvalue weighted by molar-refractivity contribution is 6.32. The molecule has 0 aliphatic heterocycles. The topological polar surface area (TPSA) is 92.9 Å². The molecule has 0 amide bonds. The summed E-state index contributed by atoms with van der Waals surface area (Å²) in [6.45, 7) is 0. The lowest BCUT2D eigenvalue weighted by molar-refractivity contribution is 0.0692. The molecule has 26 heavy (non-hydrogen) atoms. The minimum Gasteiger partial charge on any atom is -0.478 e. The van der Waals surface area contributed by atoms with Crippen LogP contribution in [0.2, 0.25) is 5.02 Å². The average molecular weight is 374 g/mol. The Hall–Kier alpha value is -3.00. The number of hydrogen-bond donors (Lipinski definition) is 2. The molecule has 0 spiro atoms. The number of nitrogens with one attached hydrogen (secondary N) is 1. The number of aromatic nitrogens is 4. The van der Waals surface area contributed by atoms with Gasteiger partial charge in [0.2, 0.25) is 5.95 Å². The Labute approximate surface area is 152 Å². The standard InChI is InChI=1S/C17H13ClFN5O2/c18-13-7-20-17(22-10-6-21-24(8-10)11-2-3-11)23-15(13)9-1-4-12(16(25)26)14(19)5-9/h1,4-8,11H,2-3H2,(H,25,26)(H,20,22,23). The van der Waals surface area contributed by atoms with Crippen LogP contribution in [-0.4, -0.2) is 30.8 Å². The molecule has 2 heterocycles. The molecule has 7 nitrogen and oxygen atoms in total. The van der Waals surface area contributed by atoms with E-state index in [0.717, 1.165) is 24.6 Å². The van der Waals surface area contributed by atoms with Crippen LogP contribution in [0.5, 0.6) is 0 Å². The van der Waals surface area contributed by atoms with E-state index in [1.807, 2.05) is 10.9 Å². The van der Waals surface area contributed by atoms with E-state index < -0.39 is 17.3 Å². The van der Waals surface area contributed by atoms with Crippen molar-refractivity contribution in [3.63, 3.8) is 0 Å². The highest BCUT2D eigenvalue weighted by atomic mass is 35.5. The Morgan fingerprint density at radius 3 is 2.85 bits per heavy atom. The fourth-order valence-electron chi connectivity index (χ4n) is 2.54. The number of benzene rings is 1. The van der Waals surface area contributed by atoms with Crippen molar-refractivity contribution in [3.8, 4) is 11.3 Å². The molecule has 2 aromatic heterocycles. The van der Waals surface area contributed by atoms with Crippen LogP contribution in [-0.2, 0) is 0 Å². The molecule has 0 saturated heterocycles. The van der Waals surface area contributed by atoms with E-state index in [1.165, 1.54) is 18.3 Å². The third-order valence-electron chi connectivity index (χ3n) is 4.00. The minimum atomic E-state index is -1.34. The van der Waals surface area contributed by atoms with Gasteiger partial charge in [0.25, 0.3) is 0 Å². The lowest BCUT2D eigenvalue weighted by atomic mass is 10.1. The molecule has 2 N–H and O–H groups in total. The van der Waals surface area contributed by atoms with E-state index in [4.69, 9.17) is 16.7 Å². The lowest BCUT2D eigenvalue weighted by Crippen LogP contribution is -2.02. The fraction of sp³-hybridized carbons (Fsp3) is 0.176. The van der Waals surface area contributed by atoms with Crippen molar-refractivity contribution in [1.82, 2.24) is 19.7 Å². The van der Waals surface area contributed by atoms with E-state index in [2.05, 4.69) is 20.4 Å². The highest BCUT2D eigenvalue weighted by Gasteiger charge is 2.24. The van der Waals surface area contributed by atoms with Crippen molar-refractivity contribution in [2.75, 3.05) is 5.32 Å². The van der Waals surface area contributed by atoms with Crippen molar-refractivity contribution in [3.05, 3.63) is 53.2 Å². The van der Waals surface area contributed by atoms with Crippen LogP contribution in [0, 0.1) is 5.82 Å². The summed E-state index contributed by atoms with van der Waals surface area (Å²) in [6.07, 6.45) is 7.20. The fourth-order valence-corrected chi connectivity index (χ4v) is 2.74. The number of halogens is 2.